The number of nitrogens with zero attached hydrogens (tertiary/aromatic N) is 1. The predicted molar refractivity (Wildman–Crippen MR) is 89.2 cm³/mol. The summed E-state index contributed by atoms with van der Waals surface area (Å²) < 4.78 is 1.86. The van der Waals surface area contributed by atoms with Gasteiger partial charge < -0.3 is 5.32 Å². The van der Waals surface area contributed by atoms with Gasteiger partial charge in [-0.25, -0.2) is 0 Å². The van der Waals surface area contributed by atoms with E-state index in [1.165, 1.54) is 5.56 Å². The fourth-order valence-corrected chi connectivity index (χ4v) is 2.62. The first kappa shape index (κ1) is 16.8. The van der Waals surface area contributed by atoms with E-state index in [0.29, 0.717) is 29.6 Å². The van der Waals surface area contributed by atoms with Crippen LogP contribution in [-0.2, 0) is 24.2 Å². The maximum atomic E-state index is 11.9. The minimum Gasteiger partial charge on any atom is -0.350 e. The van der Waals surface area contributed by atoms with Crippen LogP contribution in [-0.4, -0.2) is 12.5 Å². The van der Waals surface area contributed by atoms with Gasteiger partial charge in [0, 0.05) is 28.7 Å². The highest BCUT2D eigenvalue weighted by Crippen LogP contribution is 2.20. The second-order valence-electron chi connectivity index (χ2n) is 5.07. The van der Waals surface area contributed by atoms with E-state index in [9.17, 15) is 4.79 Å². The van der Waals surface area contributed by atoms with Crippen molar-refractivity contribution in [2.45, 2.75) is 26.3 Å². The first-order chi connectivity index (χ1) is 10.6. The first-order valence-corrected chi connectivity index (χ1v) is 8.02. The Morgan fingerprint density at radius 3 is 2.55 bits per heavy atom. The van der Waals surface area contributed by atoms with Gasteiger partial charge in [0.25, 0.3) is 5.91 Å². The Kier molecular flexibility index (Phi) is 6.22. The van der Waals surface area contributed by atoms with Gasteiger partial charge in [0.15, 0.2) is 12.4 Å². The molecule has 22 heavy (non-hydrogen) atoms. The quantitative estimate of drug-likeness (QED) is 0.806. The van der Waals surface area contributed by atoms with Gasteiger partial charge in [0.05, 0.1) is 0 Å². The van der Waals surface area contributed by atoms with Crippen LogP contribution >= 0.6 is 23.2 Å². The van der Waals surface area contributed by atoms with E-state index in [0.717, 1.165) is 12.0 Å². The van der Waals surface area contributed by atoms with Crippen LogP contribution in [0.5, 0.6) is 0 Å². The molecule has 1 N–H and O–H groups in total. The van der Waals surface area contributed by atoms with E-state index < -0.39 is 0 Å². The molecule has 0 aliphatic rings. The summed E-state index contributed by atoms with van der Waals surface area (Å²) in [5.41, 5.74) is 2.24. The molecule has 5 heteroatoms. The molecular weight excluding hydrogens is 319 g/mol. The molecule has 0 aliphatic heterocycles. The van der Waals surface area contributed by atoms with E-state index >= 15 is 0 Å². The van der Waals surface area contributed by atoms with Crippen molar-refractivity contribution in [3.8, 4) is 0 Å². The maximum absolute atomic E-state index is 11.9. The van der Waals surface area contributed by atoms with E-state index in [-0.39, 0.29) is 5.91 Å². The summed E-state index contributed by atoms with van der Waals surface area (Å²) in [6.07, 6.45) is 5.53. The number of hydrogen-bond acceptors (Lipinski definition) is 1. The average molecular weight is 338 g/mol. The molecule has 0 aliphatic carbocycles. The van der Waals surface area contributed by atoms with Crippen molar-refractivity contribution in [1.82, 2.24) is 5.32 Å². The third kappa shape index (κ3) is 5.00. The minimum atomic E-state index is -0.0145. The highest BCUT2D eigenvalue weighted by atomic mass is 35.5. The highest BCUT2D eigenvalue weighted by Gasteiger charge is 2.09. The third-order valence-corrected chi connectivity index (χ3v) is 4.01. The average Bonchev–Trinajstić information content (AvgIpc) is 2.50. The van der Waals surface area contributed by atoms with Gasteiger partial charge >= 0.3 is 0 Å². The first-order valence-electron chi connectivity index (χ1n) is 7.27. The number of aromatic nitrogens is 1. The zero-order valence-electron chi connectivity index (χ0n) is 12.5. The molecule has 0 spiro atoms. The molecule has 0 saturated heterocycles. The third-order valence-electron chi connectivity index (χ3n) is 3.43. The van der Waals surface area contributed by atoms with Crippen LogP contribution in [0.2, 0.25) is 10.0 Å². The summed E-state index contributed by atoms with van der Waals surface area (Å²) in [5.74, 6) is -0.0145. The highest BCUT2D eigenvalue weighted by molar-refractivity contribution is 6.35. The van der Waals surface area contributed by atoms with Crippen molar-refractivity contribution in [2.75, 3.05) is 6.54 Å². The van der Waals surface area contributed by atoms with Crippen LogP contribution in [0, 0.1) is 0 Å². The number of carbonyl (C=O) groups excluding carboxylic acids is 1. The van der Waals surface area contributed by atoms with Crippen molar-refractivity contribution in [3.63, 3.8) is 0 Å². The van der Waals surface area contributed by atoms with Gasteiger partial charge in [-0.1, -0.05) is 36.2 Å². The van der Waals surface area contributed by atoms with Crippen LogP contribution in [0.15, 0.2) is 42.7 Å². The monoisotopic (exact) mass is 337 g/mol. The number of amides is 1. The normalized spacial score (nSPS) is 10.5. The fourth-order valence-electron chi connectivity index (χ4n) is 2.11. The van der Waals surface area contributed by atoms with Crippen LogP contribution in [0.1, 0.15) is 18.1 Å². The Morgan fingerprint density at radius 1 is 1.18 bits per heavy atom. The Labute approximate surface area is 140 Å². The maximum Gasteiger partial charge on any atom is 0.285 e. The Bertz CT molecular complexity index is 642. The van der Waals surface area contributed by atoms with Crippen molar-refractivity contribution >= 4 is 29.1 Å². The molecule has 2 rings (SSSR count). The van der Waals surface area contributed by atoms with E-state index in [1.54, 1.807) is 12.1 Å². The summed E-state index contributed by atoms with van der Waals surface area (Å²) in [6.45, 7) is 2.97. The molecule has 0 unspecified atom stereocenters. The smallest absolute Gasteiger partial charge is 0.285 e. The molecule has 0 bridgehead atoms. The molecule has 1 heterocycles. The summed E-state index contributed by atoms with van der Waals surface area (Å²) >= 11 is 12.0. The lowest BCUT2D eigenvalue weighted by atomic mass is 10.1. The summed E-state index contributed by atoms with van der Waals surface area (Å²) in [4.78, 5) is 11.9. The number of rotatable bonds is 6. The molecule has 0 radical (unpaired) electrons. The van der Waals surface area contributed by atoms with Crippen LogP contribution in [0.25, 0.3) is 0 Å². The molecule has 116 valence electrons. The van der Waals surface area contributed by atoms with E-state index in [2.05, 4.69) is 12.2 Å². The molecule has 0 atom stereocenters. The van der Waals surface area contributed by atoms with Crippen molar-refractivity contribution in [3.05, 3.63) is 63.9 Å². The van der Waals surface area contributed by atoms with Gasteiger partial charge in [-0.05, 0) is 36.1 Å². The summed E-state index contributed by atoms with van der Waals surface area (Å²) in [6, 6.07) is 9.46. The Morgan fingerprint density at radius 2 is 1.91 bits per heavy atom. The minimum absolute atomic E-state index is 0.0145. The standard InChI is InChI=1S/C17H18Cl2N2O/c1-2-13-6-9-21(10-7-13)12-17(22)20-8-5-14-3-4-15(18)11-16(14)19/h3-4,6-7,9-11H,2,5,8,12H2,1H3/p+1. The van der Waals surface area contributed by atoms with Crippen LogP contribution in [0.3, 0.4) is 0 Å². The molecule has 1 aromatic carbocycles. The topological polar surface area (TPSA) is 33.0 Å². The zero-order chi connectivity index (χ0) is 15.9. The molecule has 1 amide bonds. The van der Waals surface area contributed by atoms with Gasteiger partial charge in [0.2, 0.25) is 6.54 Å². The largest absolute Gasteiger partial charge is 0.350 e. The number of carbonyl (C=O) groups is 1. The van der Waals surface area contributed by atoms with Gasteiger partial charge in [-0.3, -0.25) is 4.79 Å². The van der Waals surface area contributed by atoms with E-state index in [4.69, 9.17) is 23.2 Å². The Hall–Kier alpha value is -1.58. The van der Waals surface area contributed by atoms with E-state index in [1.807, 2.05) is 35.2 Å². The number of hydrogen-bond donors (Lipinski definition) is 1. The number of pyridine rings is 1. The zero-order valence-corrected chi connectivity index (χ0v) is 14.0. The van der Waals surface area contributed by atoms with Crippen LogP contribution < -0.4 is 9.88 Å². The summed E-state index contributed by atoms with van der Waals surface area (Å²) in [5, 5.41) is 4.14. The lowest BCUT2D eigenvalue weighted by Gasteiger charge is -2.06. The van der Waals surface area contributed by atoms with Crippen LogP contribution in [0.4, 0.5) is 0 Å². The van der Waals surface area contributed by atoms with Crippen molar-refractivity contribution in [2.24, 2.45) is 0 Å². The lowest BCUT2D eigenvalue weighted by molar-refractivity contribution is -0.684. The lowest BCUT2D eigenvalue weighted by Crippen LogP contribution is -2.42. The predicted octanol–water partition coefficient (Wildman–Crippen LogP) is 3.20. The van der Waals surface area contributed by atoms with Crippen molar-refractivity contribution < 1.29 is 9.36 Å². The second kappa shape index (κ2) is 8.16. The molecular formula is C17H19Cl2N2O+. The fraction of sp³-hybridized carbons (Fsp3) is 0.294. The van der Waals surface area contributed by atoms with Gasteiger partial charge in [-0.15, -0.1) is 0 Å². The second-order valence-corrected chi connectivity index (χ2v) is 5.91. The summed E-state index contributed by atoms with van der Waals surface area (Å²) in [7, 11) is 0. The Balaban J connectivity index is 1.79. The van der Waals surface area contributed by atoms with Crippen molar-refractivity contribution in [1.29, 1.82) is 0 Å². The number of benzene rings is 1. The molecule has 3 nitrogen and oxygen atoms in total. The molecule has 0 fully saturated rings. The number of nitrogens with one attached hydrogen (secondary N) is 1. The molecule has 1 aromatic heterocycles. The molecule has 0 saturated carbocycles. The number of aryl methyl sites for hydroxylation is 1. The SMILES string of the molecule is CCc1cc[n+](CC(=O)NCCc2ccc(Cl)cc2Cl)cc1. The molecule has 2 aromatic rings. The van der Waals surface area contributed by atoms with Gasteiger partial charge in [0.1, 0.15) is 0 Å². The number of halogens is 2. The van der Waals surface area contributed by atoms with Gasteiger partial charge in [-0.2, -0.15) is 4.57 Å².